The topological polar surface area (TPSA) is 17.1 Å². The first kappa shape index (κ1) is 13.2. The molecule has 0 N–H and O–H groups in total. The third-order valence-corrected chi connectivity index (χ3v) is 3.00. The number of halogens is 1. The number of thioether (sulfide) groups is 1. The largest absolute Gasteiger partial charge is 0.288 e. The van der Waals surface area contributed by atoms with Crippen LogP contribution in [0.5, 0.6) is 0 Å². The molecule has 1 aromatic carbocycles. The Morgan fingerprint density at radius 3 is 2.62 bits per heavy atom. The molecule has 0 saturated carbocycles. The van der Waals surface area contributed by atoms with Gasteiger partial charge in [0.15, 0.2) is 5.12 Å². The molecule has 0 fully saturated rings. The van der Waals surface area contributed by atoms with Crippen molar-refractivity contribution < 1.29 is 4.79 Å². The lowest BCUT2D eigenvalue weighted by molar-refractivity contribution is -0.109. The summed E-state index contributed by atoms with van der Waals surface area (Å²) in [4.78, 5) is 10.6. The molecule has 1 aromatic rings. The summed E-state index contributed by atoms with van der Waals surface area (Å²) in [5.74, 6) is 7.39. The van der Waals surface area contributed by atoms with Crippen LogP contribution in [0.4, 0.5) is 0 Å². The van der Waals surface area contributed by atoms with E-state index in [2.05, 4.69) is 11.8 Å². The zero-order chi connectivity index (χ0) is 11.8. The lowest BCUT2D eigenvalue weighted by Gasteiger charge is -1.94. The van der Waals surface area contributed by atoms with Gasteiger partial charge >= 0.3 is 0 Å². The SMILES string of the molecule is CC(=O)SCCC#Cc1ccc(CCl)cc1. The minimum absolute atomic E-state index is 0.147. The van der Waals surface area contributed by atoms with Gasteiger partial charge in [-0.1, -0.05) is 35.7 Å². The minimum Gasteiger partial charge on any atom is -0.288 e. The van der Waals surface area contributed by atoms with Gasteiger partial charge in [-0.05, 0) is 17.7 Å². The number of carbonyl (C=O) groups is 1. The molecule has 16 heavy (non-hydrogen) atoms. The van der Waals surface area contributed by atoms with Crippen molar-refractivity contribution in [3.63, 3.8) is 0 Å². The highest BCUT2D eigenvalue weighted by molar-refractivity contribution is 8.13. The van der Waals surface area contributed by atoms with Gasteiger partial charge in [-0.3, -0.25) is 4.79 Å². The van der Waals surface area contributed by atoms with E-state index in [9.17, 15) is 4.79 Å². The molecule has 0 unspecified atom stereocenters. The van der Waals surface area contributed by atoms with Crippen LogP contribution in [0.1, 0.15) is 24.5 Å². The number of benzene rings is 1. The summed E-state index contributed by atoms with van der Waals surface area (Å²) in [5, 5.41) is 0.147. The second-order valence-corrected chi connectivity index (χ2v) is 4.76. The molecule has 1 rings (SSSR count). The molecule has 0 atom stereocenters. The first-order valence-electron chi connectivity index (χ1n) is 4.99. The smallest absolute Gasteiger partial charge is 0.185 e. The molecule has 0 aliphatic carbocycles. The Hall–Kier alpha value is -0.910. The highest BCUT2D eigenvalue weighted by Crippen LogP contribution is 2.06. The molecule has 3 heteroatoms. The predicted molar refractivity (Wildman–Crippen MR) is 70.6 cm³/mol. The van der Waals surface area contributed by atoms with E-state index in [-0.39, 0.29) is 5.12 Å². The molecule has 0 spiro atoms. The highest BCUT2D eigenvalue weighted by Gasteiger charge is 1.91. The first-order chi connectivity index (χ1) is 7.72. The second-order valence-electron chi connectivity index (χ2n) is 3.22. The van der Waals surface area contributed by atoms with Crippen molar-refractivity contribution in [1.29, 1.82) is 0 Å². The van der Waals surface area contributed by atoms with E-state index in [0.29, 0.717) is 5.88 Å². The highest BCUT2D eigenvalue weighted by atomic mass is 35.5. The van der Waals surface area contributed by atoms with Crippen LogP contribution in [0.15, 0.2) is 24.3 Å². The van der Waals surface area contributed by atoms with Gasteiger partial charge in [-0.15, -0.1) is 11.6 Å². The summed E-state index contributed by atoms with van der Waals surface area (Å²) in [6, 6.07) is 7.87. The van der Waals surface area contributed by atoms with E-state index in [0.717, 1.165) is 23.3 Å². The van der Waals surface area contributed by atoms with E-state index < -0.39 is 0 Å². The number of carbonyl (C=O) groups excluding carboxylic acids is 1. The van der Waals surface area contributed by atoms with Crippen molar-refractivity contribution in [2.75, 3.05) is 5.75 Å². The summed E-state index contributed by atoms with van der Waals surface area (Å²) in [7, 11) is 0. The molecule has 0 heterocycles. The van der Waals surface area contributed by atoms with Crippen molar-refractivity contribution in [3.8, 4) is 11.8 Å². The van der Waals surface area contributed by atoms with Crippen LogP contribution in [0.2, 0.25) is 0 Å². The summed E-state index contributed by atoms with van der Waals surface area (Å²) in [5.41, 5.74) is 2.08. The van der Waals surface area contributed by atoms with Gasteiger partial charge in [0.25, 0.3) is 0 Å². The molecule has 0 radical (unpaired) electrons. The quantitative estimate of drug-likeness (QED) is 0.466. The Morgan fingerprint density at radius 1 is 1.38 bits per heavy atom. The average molecular weight is 253 g/mol. The van der Waals surface area contributed by atoms with Crippen LogP contribution < -0.4 is 0 Å². The normalized spacial score (nSPS) is 9.38. The van der Waals surface area contributed by atoms with Gasteiger partial charge in [0, 0.05) is 30.5 Å². The van der Waals surface area contributed by atoms with Crippen molar-refractivity contribution >= 4 is 28.5 Å². The van der Waals surface area contributed by atoms with Gasteiger partial charge < -0.3 is 0 Å². The zero-order valence-electron chi connectivity index (χ0n) is 9.13. The van der Waals surface area contributed by atoms with Crippen LogP contribution in [0.25, 0.3) is 0 Å². The average Bonchev–Trinajstić information content (AvgIpc) is 2.29. The van der Waals surface area contributed by atoms with Crippen molar-refractivity contribution in [1.82, 2.24) is 0 Å². The Balaban J connectivity index is 2.41. The lowest BCUT2D eigenvalue weighted by Crippen LogP contribution is -1.84. The fraction of sp³-hybridized carbons (Fsp3) is 0.308. The molecule has 0 aromatic heterocycles. The third kappa shape index (κ3) is 5.25. The Labute approximate surface area is 106 Å². The predicted octanol–water partition coefficient (Wildman–Crippen LogP) is 3.45. The third-order valence-electron chi connectivity index (χ3n) is 1.87. The Bertz CT molecular complexity index is 400. The second kappa shape index (κ2) is 7.38. The van der Waals surface area contributed by atoms with Gasteiger partial charge in [0.05, 0.1) is 0 Å². The molecule has 0 amide bonds. The van der Waals surface area contributed by atoms with Crippen molar-refractivity contribution in [3.05, 3.63) is 35.4 Å². The molecule has 1 nitrogen and oxygen atoms in total. The van der Waals surface area contributed by atoms with Gasteiger partial charge in [0.1, 0.15) is 0 Å². The maximum atomic E-state index is 10.6. The van der Waals surface area contributed by atoms with Gasteiger partial charge in [-0.25, -0.2) is 0 Å². The van der Waals surface area contributed by atoms with E-state index in [1.54, 1.807) is 6.92 Å². The summed E-state index contributed by atoms with van der Waals surface area (Å²) >= 11 is 7.00. The monoisotopic (exact) mass is 252 g/mol. The molecule has 0 aliphatic rings. The lowest BCUT2D eigenvalue weighted by atomic mass is 10.1. The Kier molecular flexibility index (Phi) is 6.07. The molecule has 0 saturated heterocycles. The molecule has 0 bridgehead atoms. The standard InChI is InChI=1S/C13H13ClOS/c1-11(15)16-9-3-2-4-12-5-7-13(10-14)8-6-12/h5-8H,3,9-10H2,1H3. The number of alkyl halides is 1. The number of hydrogen-bond donors (Lipinski definition) is 0. The fourth-order valence-electron chi connectivity index (χ4n) is 1.09. The number of hydrogen-bond acceptors (Lipinski definition) is 2. The van der Waals surface area contributed by atoms with E-state index in [1.807, 2.05) is 24.3 Å². The van der Waals surface area contributed by atoms with Gasteiger partial charge in [-0.2, -0.15) is 0 Å². The number of rotatable bonds is 3. The summed E-state index contributed by atoms with van der Waals surface area (Å²) in [6.07, 6.45) is 0.738. The van der Waals surface area contributed by atoms with E-state index in [1.165, 1.54) is 11.8 Å². The van der Waals surface area contributed by atoms with E-state index in [4.69, 9.17) is 11.6 Å². The summed E-state index contributed by atoms with van der Waals surface area (Å²) in [6.45, 7) is 1.57. The maximum absolute atomic E-state index is 10.6. The molecule has 0 aliphatic heterocycles. The molecule has 84 valence electrons. The van der Waals surface area contributed by atoms with Crippen molar-refractivity contribution in [2.45, 2.75) is 19.2 Å². The van der Waals surface area contributed by atoms with Crippen LogP contribution in [0, 0.1) is 11.8 Å². The van der Waals surface area contributed by atoms with Crippen LogP contribution in [0.3, 0.4) is 0 Å². The zero-order valence-corrected chi connectivity index (χ0v) is 10.7. The van der Waals surface area contributed by atoms with Crippen LogP contribution >= 0.6 is 23.4 Å². The molecular weight excluding hydrogens is 240 g/mol. The van der Waals surface area contributed by atoms with Crippen molar-refractivity contribution in [2.24, 2.45) is 0 Å². The fourth-order valence-corrected chi connectivity index (χ4v) is 1.76. The van der Waals surface area contributed by atoms with Crippen LogP contribution in [-0.2, 0) is 10.7 Å². The maximum Gasteiger partial charge on any atom is 0.185 e. The van der Waals surface area contributed by atoms with Crippen LogP contribution in [-0.4, -0.2) is 10.9 Å². The summed E-state index contributed by atoms with van der Waals surface area (Å²) < 4.78 is 0. The minimum atomic E-state index is 0.147. The molecular formula is C13H13ClOS. The van der Waals surface area contributed by atoms with E-state index >= 15 is 0 Å². The first-order valence-corrected chi connectivity index (χ1v) is 6.51. The van der Waals surface area contributed by atoms with Gasteiger partial charge in [0.2, 0.25) is 0 Å². The Morgan fingerprint density at radius 2 is 2.06 bits per heavy atom.